The minimum Gasteiger partial charge on any atom is -0.382 e. The number of urea groups is 1. The van der Waals surface area contributed by atoms with Crippen LogP contribution in [0.5, 0.6) is 0 Å². The van der Waals surface area contributed by atoms with Gasteiger partial charge in [-0.05, 0) is 31.9 Å². The van der Waals surface area contributed by atoms with Crippen molar-refractivity contribution in [3.63, 3.8) is 0 Å². The van der Waals surface area contributed by atoms with Crippen LogP contribution in [-0.4, -0.2) is 66.1 Å². The van der Waals surface area contributed by atoms with E-state index in [1.807, 2.05) is 37.3 Å². The van der Waals surface area contributed by atoms with Crippen molar-refractivity contribution >= 4 is 11.8 Å². The van der Waals surface area contributed by atoms with Crippen LogP contribution in [0, 0.1) is 11.3 Å². The molecule has 4 N–H and O–H groups in total. The van der Waals surface area contributed by atoms with E-state index in [1.54, 1.807) is 4.68 Å². The van der Waals surface area contributed by atoms with Crippen LogP contribution in [0.2, 0.25) is 0 Å². The number of nitrogens with zero attached hydrogens (tertiary/aromatic N) is 4. The predicted molar refractivity (Wildman–Crippen MR) is 114 cm³/mol. The highest BCUT2D eigenvalue weighted by Gasteiger charge is 2.17. The van der Waals surface area contributed by atoms with Crippen LogP contribution >= 0.6 is 0 Å². The number of amides is 2. The zero-order valence-electron chi connectivity index (χ0n) is 17.3. The average Bonchev–Trinajstić information content (AvgIpc) is 3.07. The largest absolute Gasteiger partial charge is 0.382 e. The van der Waals surface area contributed by atoms with Gasteiger partial charge in [-0.15, -0.1) is 0 Å². The van der Waals surface area contributed by atoms with Gasteiger partial charge in [0.25, 0.3) is 0 Å². The van der Waals surface area contributed by atoms with Crippen LogP contribution in [0.15, 0.2) is 30.3 Å². The number of morpholine rings is 1. The number of hydrogen-bond donors (Lipinski definition) is 3. The molecule has 2 heterocycles. The number of ether oxygens (including phenoxy) is 1. The van der Waals surface area contributed by atoms with Gasteiger partial charge in [0.05, 0.1) is 24.6 Å². The summed E-state index contributed by atoms with van der Waals surface area (Å²) in [6, 6.07) is 11.5. The normalized spacial score (nSPS) is 15.3. The number of aryl methyl sites for hydroxylation is 1. The van der Waals surface area contributed by atoms with Gasteiger partial charge < -0.3 is 21.1 Å². The van der Waals surface area contributed by atoms with E-state index in [0.29, 0.717) is 36.5 Å². The molecular weight excluding hydrogens is 382 g/mol. The zero-order chi connectivity index (χ0) is 21.3. The first kappa shape index (κ1) is 21.6. The Morgan fingerprint density at radius 2 is 2.07 bits per heavy atom. The van der Waals surface area contributed by atoms with Crippen LogP contribution in [-0.2, 0) is 11.2 Å². The maximum Gasteiger partial charge on any atom is 0.315 e. The molecule has 1 unspecified atom stereocenters. The van der Waals surface area contributed by atoms with Crippen LogP contribution in [0.1, 0.15) is 24.6 Å². The molecule has 1 aromatic heterocycles. The third-order valence-electron chi connectivity index (χ3n) is 5.00. The number of carbonyl (C=O) groups is 1. The number of nitrogens with two attached hydrogens (primary N) is 1. The van der Waals surface area contributed by atoms with E-state index in [-0.39, 0.29) is 12.1 Å². The van der Waals surface area contributed by atoms with E-state index in [0.717, 1.165) is 38.5 Å². The molecule has 9 nitrogen and oxygen atoms in total. The van der Waals surface area contributed by atoms with Crippen molar-refractivity contribution in [1.29, 1.82) is 5.26 Å². The Hall–Kier alpha value is -3.09. The van der Waals surface area contributed by atoms with Gasteiger partial charge in [0.2, 0.25) is 0 Å². The molecule has 0 bridgehead atoms. The number of rotatable bonds is 8. The Labute approximate surface area is 176 Å². The summed E-state index contributed by atoms with van der Waals surface area (Å²) in [6.07, 6.45) is 1.21. The van der Waals surface area contributed by atoms with E-state index in [1.165, 1.54) is 0 Å². The molecule has 30 heavy (non-hydrogen) atoms. The smallest absolute Gasteiger partial charge is 0.315 e. The van der Waals surface area contributed by atoms with Crippen LogP contribution in [0.25, 0.3) is 5.69 Å². The van der Waals surface area contributed by atoms with E-state index >= 15 is 0 Å². The second-order valence-corrected chi connectivity index (χ2v) is 7.38. The fourth-order valence-corrected chi connectivity index (χ4v) is 3.49. The van der Waals surface area contributed by atoms with Gasteiger partial charge in [-0.2, -0.15) is 10.4 Å². The van der Waals surface area contributed by atoms with Crippen molar-refractivity contribution in [1.82, 2.24) is 25.3 Å². The summed E-state index contributed by atoms with van der Waals surface area (Å²) < 4.78 is 6.92. The first-order chi connectivity index (χ1) is 14.6. The number of nitriles is 1. The maximum absolute atomic E-state index is 12.1. The lowest BCUT2D eigenvalue weighted by atomic mass is 10.1. The molecule has 160 valence electrons. The molecule has 3 rings (SSSR count). The second-order valence-electron chi connectivity index (χ2n) is 7.38. The summed E-state index contributed by atoms with van der Waals surface area (Å²) in [5.74, 6) is 0.335. The Kier molecular flexibility index (Phi) is 7.65. The molecule has 1 aromatic carbocycles. The fraction of sp³-hybridized carbons (Fsp3) is 0.476. The number of hydrogen-bond acceptors (Lipinski definition) is 6. The number of aromatic nitrogens is 2. The molecule has 0 saturated carbocycles. The number of para-hydroxylation sites is 1. The zero-order valence-corrected chi connectivity index (χ0v) is 17.3. The molecule has 1 aliphatic rings. The van der Waals surface area contributed by atoms with Crippen molar-refractivity contribution in [3.8, 4) is 11.8 Å². The number of nitrogens with one attached hydrogen (secondary N) is 2. The van der Waals surface area contributed by atoms with Gasteiger partial charge in [-0.3, -0.25) is 4.90 Å². The van der Waals surface area contributed by atoms with Gasteiger partial charge in [0.1, 0.15) is 17.5 Å². The van der Waals surface area contributed by atoms with E-state index in [4.69, 9.17) is 10.5 Å². The molecule has 1 aliphatic heterocycles. The Morgan fingerprint density at radius 3 is 2.77 bits per heavy atom. The highest BCUT2D eigenvalue weighted by molar-refractivity contribution is 5.74. The Morgan fingerprint density at radius 1 is 1.33 bits per heavy atom. The quantitative estimate of drug-likeness (QED) is 0.563. The molecule has 0 spiro atoms. The summed E-state index contributed by atoms with van der Waals surface area (Å²) in [5.41, 5.74) is 7.96. The molecule has 0 aliphatic carbocycles. The van der Waals surface area contributed by atoms with E-state index in [2.05, 4.69) is 26.7 Å². The van der Waals surface area contributed by atoms with E-state index in [9.17, 15) is 10.1 Å². The third kappa shape index (κ3) is 5.72. The summed E-state index contributed by atoms with van der Waals surface area (Å²) in [7, 11) is 0. The highest BCUT2D eigenvalue weighted by atomic mass is 16.5. The SMILES string of the molecule is CC(CN1CCOCC1)NC(=O)NCCCc1nn(-c2ccccc2)c(N)c1C#N. The number of anilines is 1. The van der Waals surface area contributed by atoms with Crippen molar-refractivity contribution in [2.75, 3.05) is 45.1 Å². The molecule has 2 amide bonds. The summed E-state index contributed by atoms with van der Waals surface area (Å²) in [5, 5.41) is 19.8. The maximum atomic E-state index is 12.1. The van der Waals surface area contributed by atoms with Crippen LogP contribution < -0.4 is 16.4 Å². The minimum atomic E-state index is -0.189. The topological polar surface area (TPSA) is 121 Å². The van der Waals surface area contributed by atoms with Crippen molar-refractivity contribution < 1.29 is 9.53 Å². The summed E-state index contributed by atoms with van der Waals surface area (Å²) >= 11 is 0. The summed E-state index contributed by atoms with van der Waals surface area (Å²) in [6.45, 7) is 6.56. The number of nitrogen functional groups attached to an aromatic ring is 1. The molecule has 1 saturated heterocycles. The predicted octanol–water partition coefficient (Wildman–Crippen LogP) is 1.28. The van der Waals surface area contributed by atoms with Gasteiger partial charge in [0, 0.05) is 32.2 Å². The van der Waals surface area contributed by atoms with Gasteiger partial charge in [0.15, 0.2) is 0 Å². The lowest BCUT2D eigenvalue weighted by Crippen LogP contribution is -2.48. The molecular formula is C21H29N7O2. The molecule has 0 radical (unpaired) electrons. The standard InChI is InChI=1S/C21H29N7O2/c1-16(15-27-10-12-30-13-11-27)25-21(29)24-9-5-8-19-18(14-22)20(23)28(26-19)17-6-3-2-4-7-17/h2-4,6-7,16H,5,8-13,15,23H2,1H3,(H2,24,25,29). The van der Waals surface area contributed by atoms with Gasteiger partial charge in [-0.1, -0.05) is 18.2 Å². The van der Waals surface area contributed by atoms with Gasteiger partial charge >= 0.3 is 6.03 Å². The van der Waals surface area contributed by atoms with Crippen molar-refractivity contribution in [3.05, 3.63) is 41.6 Å². The second kappa shape index (κ2) is 10.6. The van der Waals surface area contributed by atoms with Crippen LogP contribution in [0.4, 0.5) is 10.6 Å². The molecule has 1 atom stereocenters. The molecule has 9 heteroatoms. The minimum absolute atomic E-state index is 0.0506. The first-order valence-electron chi connectivity index (χ1n) is 10.3. The lowest BCUT2D eigenvalue weighted by molar-refractivity contribution is 0.0349. The fourth-order valence-electron chi connectivity index (χ4n) is 3.49. The van der Waals surface area contributed by atoms with Gasteiger partial charge in [-0.25, -0.2) is 9.48 Å². The monoisotopic (exact) mass is 411 g/mol. The lowest BCUT2D eigenvalue weighted by Gasteiger charge is -2.29. The van der Waals surface area contributed by atoms with Crippen molar-refractivity contribution in [2.45, 2.75) is 25.8 Å². The molecule has 2 aromatic rings. The Bertz CT molecular complexity index is 869. The van der Waals surface area contributed by atoms with Crippen molar-refractivity contribution in [2.24, 2.45) is 0 Å². The average molecular weight is 412 g/mol. The molecule has 1 fully saturated rings. The number of carbonyl (C=O) groups excluding carboxylic acids is 1. The Balaban J connectivity index is 1.45. The first-order valence-corrected chi connectivity index (χ1v) is 10.3. The van der Waals surface area contributed by atoms with Crippen LogP contribution in [0.3, 0.4) is 0 Å². The third-order valence-corrected chi connectivity index (χ3v) is 5.00. The van der Waals surface area contributed by atoms with E-state index < -0.39 is 0 Å². The summed E-state index contributed by atoms with van der Waals surface area (Å²) in [4.78, 5) is 14.4. The number of benzene rings is 1. The highest BCUT2D eigenvalue weighted by Crippen LogP contribution is 2.21.